The highest BCUT2D eigenvalue weighted by atomic mass is 79.9. The van der Waals surface area contributed by atoms with E-state index in [4.69, 9.17) is 5.73 Å². The van der Waals surface area contributed by atoms with Crippen LogP contribution in [0.4, 0.5) is 17.6 Å². The number of halogens is 5. The van der Waals surface area contributed by atoms with E-state index in [0.29, 0.717) is 4.47 Å². The van der Waals surface area contributed by atoms with Crippen LogP contribution >= 0.6 is 15.9 Å². The van der Waals surface area contributed by atoms with E-state index >= 15 is 0 Å². The third-order valence-electron chi connectivity index (χ3n) is 2.11. The summed E-state index contributed by atoms with van der Waals surface area (Å²) in [4.78, 5) is 0. The largest absolute Gasteiger partial charge is 0.389 e. The van der Waals surface area contributed by atoms with Crippen LogP contribution in [0.15, 0.2) is 22.7 Å². The van der Waals surface area contributed by atoms with Crippen molar-refractivity contribution in [1.29, 1.82) is 0 Å². The summed E-state index contributed by atoms with van der Waals surface area (Å²) in [7, 11) is 0. The molecule has 1 aromatic rings. The van der Waals surface area contributed by atoms with E-state index in [2.05, 4.69) is 15.9 Å². The van der Waals surface area contributed by atoms with E-state index in [0.717, 1.165) is 0 Å². The summed E-state index contributed by atoms with van der Waals surface area (Å²) in [6.45, 7) is 0. The standard InChI is InChI=1S/C10H10BrF4N/c11-6-2-1-3-7(12)9(6)8(16)4-5-10(13,14)15/h1-3,8H,4-5,16H2/t8-/m1/s1. The second-order valence-corrected chi connectivity index (χ2v) is 4.25. The van der Waals surface area contributed by atoms with Gasteiger partial charge in [0.2, 0.25) is 0 Å². The van der Waals surface area contributed by atoms with Gasteiger partial charge >= 0.3 is 6.18 Å². The maximum atomic E-state index is 13.3. The van der Waals surface area contributed by atoms with Gasteiger partial charge in [-0.05, 0) is 18.6 Å². The molecule has 1 rings (SSSR count). The molecule has 1 aromatic carbocycles. The molecule has 90 valence electrons. The minimum absolute atomic E-state index is 0.0896. The first-order valence-electron chi connectivity index (χ1n) is 4.57. The topological polar surface area (TPSA) is 26.0 Å². The van der Waals surface area contributed by atoms with Crippen LogP contribution < -0.4 is 5.73 Å². The third-order valence-corrected chi connectivity index (χ3v) is 2.80. The van der Waals surface area contributed by atoms with E-state index in [-0.39, 0.29) is 12.0 Å². The molecular weight excluding hydrogens is 290 g/mol. The fourth-order valence-corrected chi connectivity index (χ4v) is 1.96. The molecule has 0 saturated carbocycles. The Hall–Kier alpha value is -0.620. The fourth-order valence-electron chi connectivity index (χ4n) is 1.33. The number of rotatable bonds is 3. The molecule has 0 heterocycles. The second kappa shape index (κ2) is 5.14. The molecule has 6 heteroatoms. The molecule has 0 aromatic heterocycles. The average Bonchev–Trinajstić information content (AvgIpc) is 2.13. The van der Waals surface area contributed by atoms with Gasteiger partial charge in [-0.15, -0.1) is 0 Å². The maximum Gasteiger partial charge on any atom is 0.389 e. The highest BCUT2D eigenvalue weighted by Gasteiger charge is 2.28. The Labute approximate surface area is 98.8 Å². The van der Waals surface area contributed by atoms with Crippen molar-refractivity contribution in [2.75, 3.05) is 0 Å². The lowest BCUT2D eigenvalue weighted by molar-refractivity contribution is -0.136. The van der Waals surface area contributed by atoms with Gasteiger partial charge in [0.25, 0.3) is 0 Å². The first-order chi connectivity index (χ1) is 7.31. The van der Waals surface area contributed by atoms with Crippen molar-refractivity contribution in [3.8, 4) is 0 Å². The Balaban J connectivity index is 2.77. The lowest BCUT2D eigenvalue weighted by Crippen LogP contribution is -2.17. The van der Waals surface area contributed by atoms with Crippen LogP contribution in [0.3, 0.4) is 0 Å². The second-order valence-electron chi connectivity index (χ2n) is 3.40. The number of alkyl halides is 3. The summed E-state index contributed by atoms with van der Waals surface area (Å²) in [6, 6.07) is 3.22. The molecule has 0 amide bonds. The van der Waals surface area contributed by atoms with E-state index in [9.17, 15) is 17.6 Å². The van der Waals surface area contributed by atoms with Crippen molar-refractivity contribution in [3.63, 3.8) is 0 Å². The third kappa shape index (κ3) is 3.75. The van der Waals surface area contributed by atoms with Gasteiger partial charge in [0.05, 0.1) is 0 Å². The molecule has 0 aliphatic rings. The highest BCUT2D eigenvalue weighted by Crippen LogP contribution is 2.31. The summed E-state index contributed by atoms with van der Waals surface area (Å²) in [6.07, 6.45) is -5.62. The van der Waals surface area contributed by atoms with Crippen molar-refractivity contribution in [2.45, 2.75) is 25.1 Å². The quantitative estimate of drug-likeness (QED) is 0.841. The Bertz CT molecular complexity index is 344. The zero-order chi connectivity index (χ0) is 12.3. The lowest BCUT2D eigenvalue weighted by Gasteiger charge is -2.15. The molecule has 0 aliphatic heterocycles. The smallest absolute Gasteiger partial charge is 0.324 e. The summed E-state index contributed by atoms with van der Waals surface area (Å²) >= 11 is 3.07. The lowest BCUT2D eigenvalue weighted by atomic mass is 10.0. The number of hydrogen-bond acceptors (Lipinski definition) is 1. The van der Waals surface area contributed by atoms with Crippen molar-refractivity contribution >= 4 is 15.9 Å². The Morgan fingerprint density at radius 3 is 2.44 bits per heavy atom. The van der Waals surface area contributed by atoms with Gasteiger partial charge in [-0.2, -0.15) is 13.2 Å². The minimum atomic E-state index is -4.27. The number of benzene rings is 1. The van der Waals surface area contributed by atoms with Crippen LogP contribution in [0.2, 0.25) is 0 Å². The molecule has 1 nitrogen and oxygen atoms in total. The van der Waals surface area contributed by atoms with Crippen LogP contribution in [0.25, 0.3) is 0 Å². The zero-order valence-electron chi connectivity index (χ0n) is 8.19. The highest BCUT2D eigenvalue weighted by molar-refractivity contribution is 9.10. The van der Waals surface area contributed by atoms with Crippen molar-refractivity contribution in [1.82, 2.24) is 0 Å². The fraction of sp³-hybridized carbons (Fsp3) is 0.400. The van der Waals surface area contributed by atoms with Gasteiger partial charge < -0.3 is 5.73 Å². The molecule has 0 fully saturated rings. The van der Waals surface area contributed by atoms with E-state index in [1.165, 1.54) is 12.1 Å². The van der Waals surface area contributed by atoms with Crippen molar-refractivity contribution in [3.05, 3.63) is 34.1 Å². The maximum absolute atomic E-state index is 13.3. The van der Waals surface area contributed by atoms with Crippen LogP contribution in [0, 0.1) is 5.82 Å². The van der Waals surface area contributed by atoms with Gasteiger partial charge in [0, 0.05) is 22.5 Å². The molecule has 0 unspecified atom stereocenters. The molecular formula is C10H10BrF4N. The summed E-state index contributed by atoms with van der Waals surface area (Å²) in [5, 5.41) is 0. The minimum Gasteiger partial charge on any atom is -0.324 e. The molecule has 1 atom stereocenters. The first-order valence-corrected chi connectivity index (χ1v) is 5.37. The number of nitrogens with two attached hydrogens (primary N) is 1. The van der Waals surface area contributed by atoms with Gasteiger partial charge in [-0.1, -0.05) is 22.0 Å². The monoisotopic (exact) mass is 299 g/mol. The molecule has 0 radical (unpaired) electrons. The normalized spacial score (nSPS) is 13.9. The molecule has 0 saturated heterocycles. The van der Waals surface area contributed by atoms with Crippen molar-refractivity contribution in [2.24, 2.45) is 5.73 Å². The molecule has 2 N–H and O–H groups in total. The molecule has 0 bridgehead atoms. The average molecular weight is 300 g/mol. The molecule has 16 heavy (non-hydrogen) atoms. The van der Waals surface area contributed by atoms with Gasteiger partial charge in [0.15, 0.2) is 0 Å². The summed E-state index contributed by atoms with van der Waals surface area (Å²) in [5.41, 5.74) is 5.62. The molecule has 0 spiro atoms. The van der Waals surface area contributed by atoms with Crippen LogP contribution in [-0.4, -0.2) is 6.18 Å². The van der Waals surface area contributed by atoms with Gasteiger partial charge in [-0.3, -0.25) is 0 Å². The van der Waals surface area contributed by atoms with Gasteiger partial charge in [0.1, 0.15) is 5.82 Å². The summed E-state index contributed by atoms with van der Waals surface area (Å²) in [5.74, 6) is -0.593. The van der Waals surface area contributed by atoms with Crippen molar-refractivity contribution < 1.29 is 17.6 Å². The predicted octanol–water partition coefficient (Wildman–Crippen LogP) is 3.93. The summed E-state index contributed by atoms with van der Waals surface area (Å²) < 4.78 is 49.6. The van der Waals surface area contributed by atoms with Crippen LogP contribution in [-0.2, 0) is 0 Å². The van der Waals surface area contributed by atoms with E-state index in [1.54, 1.807) is 6.07 Å². The van der Waals surface area contributed by atoms with E-state index in [1.807, 2.05) is 0 Å². The number of hydrogen-bond donors (Lipinski definition) is 1. The Morgan fingerprint density at radius 2 is 1.94 bits per heavy atom. The molecule has 0 aliphatic carbocycles. The van der Waals surface area contributed by atoms with Crippen LogP contribution in [0.1, 0.15) is 24.4 Å². The zero-order valence-corrected chi connectivity index (χ0v) is 9.78. The Kier molecular flexibility index (Phi) is 4.32. The SMILES string of the molecule is N[C@H](CCC(F)(F)F)c1c(F)cccc1Br. The first kappa shape index (κ1) is 13.4. The van der Waals surface area contributed by atoms with Crippen LogP contribution in [0.5, 0.6) is 0 Å². The Morgan fingerprint density at radius 1 is 1.31 bits per heavy atom. The predicted molar refractivity (Wildman–Crippen MR) is 56.3 cm³/mol. The van der Waals surface area contributed by atoms with E-state index < -0.39 is 24.5 Å². The van der Waals surface area contributed by atoms with Gasteiger partial charge in [-0.25, -0.2) is 4.39 Å².